The third-order valence-corrected chi connectivity index (χ3v) is 5.45. The Kier molecular flexibility index (Phi) is 7.24. The Morgan fingerprint density at radius 1 is 1.00 bits per heavy atom. The van der Waals surface area contributed by atoms with E-state index in [1.807, 2.05) is 51.1 Å². The fraction of sp³-hybridized carbons (Fsp3) is 0.400. The number of hydrogen-bond acceptors (Lipinski definition) is 3. The third-order valence-electron chi connectivity index (χ3n) is 5.45. The molecule has 1 saturated heterocycles. The zero-order chi connectivity index (χ0) is 20.7. The maximum atomic E-state index is 12.8. The van der Waals surface area contributed by atoms with E-state index in [9.17, 15) is 4.79 Å². The van der Waals surface area contributed by atoms with E-state index in [2.05, 4.69) is 51.5 Å². The van der Waals surface area contributed by atoms with Crippen molar-refractivity contribution < 1.29 is 4.79 Å². The molecule has 1 aliphatic rings. The van der Waals surface area contributed by atoms with Crippen molar-refractivity contribution in [3.05, 3.63) is 71.8 Å². The lowest BCUT2D eigenvalue weighted by molar-refractivity contribution is -0.125. The van der Waals surface area contributed by atoms with E-state index in [1.165, 1.54) is 5.56 Å². The van der Waals surface area contributed by atoms with E-state index in [0.29, 0.717) is 0 Å². The van der Waals surface area contributed by atoms with Gasteiger partial charge in [0.1, 0.15) is 0 Å². The number of amides is 1. The molecule has 4 nitrogen and oxygen atoms in total. The van der Waals surface area contributed by atoms with E-state index < -0.39 is 5.41 Å². The van der Waals surface area contributed by atoms with Crippen LogP contribution in [0.3, 0.4) is 0 Å². The highest BCUT2D eigenvalue weighted by Gasteiger charge is 2.31. The predicted octanol–water partition coefficient (Wildman–Crippen LogP) is 4.29. The van der Waals surface area contributed by atoms with E-state index in [4.69, 9.17) is 0 Å². The summed E-state index contributed by atoms with van der Waals surface area (Å²) in [6.07, 6.45) is 4.43. The van der Waals surface area contributed by atoms with Crippen LogP contribution in [0.5, 0.6) is 0 Å². The molecule has 0 aromatic heterocycles. The lowest BCUT2D eigenvalue weighted by Crippen LogP contribution is -2.51. The molecule has 0 unspecified atom stereocenters. The summed E-state index contributed by atoms with van der Waals surface area (Å²) in [7, 11) is 0. The van der Waals surface area contributed by atoms with Crippen LogP contribution < -0.4 is 5.32 Å². The van der Waals surface area contributed by atoms with Crippen LogP contribution in [0, 0.1) is 12.3 Å². The van der Waals surface area contributed by atoms with Crippen molar-refractivity contribution in [2.75, 3.05) is 44.6 Å². The largest absolute Gasteiger partial charge is 0.326 e. The summed E-state index contributed by atoms with van der Waals surface area (Å²) < 4.78 is 0. The van der Waals surface area contributed by atoms with Gasteiger partial charge in [0.25, 0.3) is 0 Å². The Morgan fingerprint density at radius 3 is 2.38 bits per heavy atom. The molecule has 154 valence electrons. The number of carbonyl (C=O) groups is 1. The zero-order valence-corrected chi connectivity index (χ0v) is 17.9. The van der Waals surface area contributed by atoms with Crippen LogP contribution in [-0.2, 0) is 4.79 Å². The number of anilines is 1. The molecule has 2 aromatic rings. The van der Waals surface area contributed by atoms with Gasteiger partial charge in [-0.3, -0.25) is 14.6 Å². The molecule has 0 spiro atoms. The van der Waals surface area contributed by atoms with Gasteiger partial charge in [-0.05, 0) is 44.0 Å². The normalized spacial score (nSPS) is 16.2. The van der Waals surface area contributed by atoms with E-state index in [1.54, 1.807) is 0 Å². The van der Waals surface area contributed by atoms with Crippen molar-refractivity contribution in [2.24, 2.45) is 5.41 Å². The molecule has 0 saturated carbocycles. The topological polar surface area (TPSA) is 35.6 Å². The number of aryl methyl sites for hydroxylation is 1. The van der Waals surface area contributed by atoms with Crippen LogP contribution in [0.15, 0.2) is 60.7 Å². The predicted molar refractivity (Wildman–Crippen MR) is 122 cm³/mol. The van der Waals surface area contributed by atoms with Crippen molar-refractivity contribution in [1.29, 1.82) is 0 Å². The van der Waals surface area contributed by atoms with E-state index >= 15 is 0 Å². The molecule has 1 fully saturated rings. The molecule has 0 aliphatic carbocycles. The van der Waals surface area contributed by atoms with Gasteiger partial charge >= 0.3 is 0 Å². The smallest absolute Gasteiger partial charge is 0.231 e. The summed E-state index contributed by atoms with van der Waals surface area (Å²) in [5, 5.41) is 3.08. The zero-order valence-electron chi connectivity index (χ0n) is 17.9. The standard InChI is InChI=1S/C25H33N3O/c1-21-9-7-13-23(19-21)26-24(29)25(2,3)20-28-17-15-27(16-18-28)14-8-12-22-10-5-4-6-11-22/h4-13,19H,14-18,20H2,1-3H3,(H,26,29)/b12-8+. The number of rotatable bonds is 7. The van der Waals surface area contributed by atoms with E-state index in [0.717, 1.165) is 50.5 Å². The van der Waals surface area contributed by atoms with Crippen molar-refractivity contribution >= 4 is 17.7 Å². The average Bonchev–Trinajstić information content (AvgIpc) is 2.70. The molecule has 1 amide bonds. The number of nitrogens with one attached hydrogen (secondary N) is 1. The third kappa shape index (κ3) is 6.55. The SMILES string of the molecule is Cc1cccc(NC(=O)C(C)(C)CN2CCN(C/C=C/c3ccccc3)CC2)c1. The van der Waals surface area contributed by atoms with Gasteiger partial charge in [0, 0.05) is 45.0 Å². The van der Waals surface area contributed by atoms with Gasteiger partial charge in [-0.25, -0.2) is 0 Å². The summed E-state index contributed by atoms with van der Waals surface area (Å²) in [6, 6.07) is 18.4. The second-order valence-electron chi connectivity index (χ2n) is 8.60. The number of carbonyl (C=O) groups excluding carboxylic acids is 1. The number of piperazine rings is 1. The van der Waals surface area contributed by atoms with Gasteiger partial charge in [-0.2, -0.15) is 0 Å². The quantitative estimate of drug-likeness (QED) is 0.765. The van der Waals surface area contributed by atoms with Crippen LogP contribution >= 0.6 is 0 Å². The van der Waals surface area contributed by atoms with Crippen LogP contribution in [0.2, 0.25) is 0 Å². The van der Waals surface area contributed by atoms with E-state index in [-0.39, 0.29) is 5.91 Å². The Balaban J connectivity index is 1.44. The molecule has 2 aromatic carbocycles. The monoisotopic (exact) mass is 391 g/mol. The fourth-order valence-corrected chi connectivity index (χ4v) is 3.69. The van der Waals surface area contributed by atoms with Crippen molar-refractivity contribution in [3.8, 4) is 0 Å². The summed E-state index contributed by atoms with van der Waals surface area (Å²) in [5.41, 5.74) is 2.84. The number of nitrogens with zero attached hydrogens (tertiary/aromatic N) is 2. The first-order valence-electron chi connectivity index (χ1n) is 10.5. The highest BCUT2D eigenvalue weighted by Crippen LogP contribution is 2.21. The van der Waals surface area contributed by atoms with Crippen molar-refractivity contribution in [1.82, 2.24) is 9.80 Å². The molecule has 0 bridgehead atoms. The molecule has 1 heterocycles. The molecule has 1 N–H and O–H groups in total. The summed E-state index contributed by atoms with van der Waals surface area (Å²) >= 11 is 0. The minimum atomic E-state index is -0.431. The first-order valence-corrected chi connectivity index (χ1v) is 10.5. The fourth-order valence-electron chi connectivity index (χ4n) is 3.69. The summed E-state index contributed by atoms with van der Waals surface area (Å²) in [6.45, 7) is 11.9. The minimum absolute atomic E-state index is 0.0799. The maximum Gasteiger partial charge on any atom is 0.231 e. The second kappa shape index (κ2) is 9.86. The number of hydrogen-bond donors (Lipinski definition) is 1. The van der Waals surface area contributed by atoms with Gasteiger partial charge in [-0.15, -0.1) is 0 Å². The second-order valence-corrected chi connectivity index (χ2v) is 8.60. The van der Waals surface area contributed by atoms with Gasteiger partial charge in [-0.1, -0.05) is 54.6 Å². The molecular formula is C25H33N3O. The van der Waals surface area contributed by atoms with Gasteiger partial charge in [0.05, 0.1) is 5.41 Å². The molecule has 4 heteroatoms. The molecule has 3 rings (SSSR count). The Hall–Kier alpha value is -2.43. The Bertz CT molecular complexity index is 821. The van der Waals surface area contributed by atoms with Crippen LogP contribution in [-0.4, -0.2) is 55.0 Å². The number of benzene rings is 2. The highest BCUT2D eigenvalue weighted by molar-refractivity contribution is 5.95. The van der Waals surface area contributed by atoms with Gasteiger partial charge < -0.3 is 5.32 Å². The molecular weight excluding hydrogens is 358 g/mol. The Labute approximate surface area is 175 Å². The minimum Gasteiger partial charge on any atom is -0.326 e. The van der Waals surface area contributed by atoms with Crippen molar-refractivity contribution in [3.63, 3.8) is 0 Å². The first-order chi connectivity index (χ1) is 13.9. The Morgan fingerprint density at radius 2 is 1.69 bits per heavy atom. The molecule has 0 radical (unpaired) electrons. The highest BCUT2D eigenvalue weighted by atomic mass is 16.2. The van der Waals surface area contributed by atoms with Gasteiger partial charge in [0.2, 0.25) is 5.91 Å². The van der Waals surface area contributed by atoms with Crippen LogP contribution in [0.4, 0.5) is 5.69 Å². The molecule has 0 atom stereocenters. The lowest BCUT2D eigenvalue weighted by atomic mass is 9.91. The maximum absolute atomic E-state index is 12.8. The summed E-state index contributed by atoms with van der Waals surface area (Å²) in [5.74, 6) is 0.0799. The average molecular weight is 392 g/mol. The first kappa shape index (κ1) is 21.3. The van der Waals surface area contributed by atoms with Crippen LogP contribution in [0.25, 0.3) is 6.08 Å². The van der Waals surface area contributed by atoms with Gasteiger partial charge in [0.15, 0.2) is 0 Å². The van der Waals surface area contributed by atoms with Crippen LogP contribution in [0.1, 0.15) is 25.0 Å². The molecule has 1 aliphatic heterocycles. The lowest BCUT2D eigenvalue weighted by Gasteiger charge is -2.38. The van der Waals surface area contributed by atoms with Crippen molar-refractivity contribution in [2.45, 2.75) is 20.8 Å². The summed E-state index contributed by atoms with van der Waals surface area (Å²) in [4.78, 5) is 17.7. The molecule has 29 heavy (non-hydrogen) atoms.